The van der Waals surface area contributed by atoms with Gasteiger partial charge in [-0.3, -0.25) is 4.99 Å². The Morgan fingerprint density at radius 2 is 2.50 bits per heavy atom. The summed E-state index contributed by atoms with van der Waals surface area (Å²) in [4.78, 5) is 6.21. The highest BCUT2D eigenvalue weighted by Gasteiger charge is 2.08. The van der Waals surface area contributed by atoms with Crippen LogP contribution in [0.2, 0.25) is 0 Å². The second-order valence-corrected chi connectivity index (χ2v) is 2.78. The third-order valence-electron chi connectivity index (χ3n) is 2.03. The maximum absolute atomic E-state index is 8.62. The fourth-order valence-electron chi connectivity index (χ4n) is 1.14. The van der Waals surface area contributed by atoms with Crippen molar-refractivity contribution in [2.75, 3.05) is 20.1 Å². The molecule has 12 heavy (non-hydrogen) atoms. The number of dihydropyridines is 1. The lowest BCUT2D eigenvalue weighted by molar-refractivity contribution is 0.424. The fraction of sp³-hybridized carbons (Fsp3) is 0.556. The van der Waals surface area contributed by atoms with Gasteiger partial charge in [0.15, 0.2) is 0 Å². The van der Waals surface area contributed by atoms with E-state index in [-0.39, 0.29) is 0 Å². The Labute approximate surface area is 73.0 Å². The third kappa shape index (κ3) is 1.85. The lowest BCUT2D eigenvalue weighted by Gasteiger charge is -2.21. The SMILES string of the molecule is CCN(C)C1=CC(C#N)=NCC1. The van der Waals surface area contributed by atoms with Crippen molar-refractivity contribution in [1.82, 2.24) is 4.90 Å². The number of hydrogen-bond acceptors (Lipinski definition) is 3. The first kappa shape index (κ1) is 8.79. The van der Waals surface area contributed by atoms with Gasteiger partial charge in [-0.1, -0.05) is 0 Å². The molecule has 0 amide bonds. The van der Waals surface area contributed by atoms with Crippen molar-refractivity contribution in [3.63, 3.8) is 0 Å². The molecule has 0 saturated heterocycles. The van der Waals surface area contributed by atoms with Gasteiger partial charge in [-0.2, -0.15) is 5.26 Å². The highest BCUT2D eigenvalue weighted by molar-refractivity contribution is 6.07. The molecule has 0 saturated carbocycles. The highest BCUT2D eigenvalue weighted by atomic mass is 15.1. The van der Waals surface area contributed by atoms with Crippen LogP contribution in [0, 0.1) is 11.3 Å². The molecule has 3 heteroatoms. The molecule has 0 spiro atoms. The molecule has 0 radical (unpaired) electrons. The van der Waals surface area contributed by atoms with Crippen molar-refractivity contribution in [3.05, 3.63) is 11.8 Å². The van der Waals surface area contributed by atoms with Crippen LogP contribution in [0.5, 0.6) is 0 Å². The fourth-order valence-corrected chi connectivity index (χ4v) is 1.14. The highest BCUT2D eigenvalue weighted by Crippen LogP contribution is 2.11. The number of nitrogens with zero attached hydrogens (tertiary/aromatic N) is 3. The standard InChI is InChI=1S/C9H13N3/c1-3-12(2)9-4-5-11-8(6-9)7-10/h6H,3-5H2,1-2H3. The van der Waals surface area contributed by atoms with E-state index in [0.29, 0.717) is 5.71 Å². The van der Waals surface area contributed by atoms with Crippen molar-refractivity contribution in [2.24, 2.45) is 4.99 Å². The van der Waals surface area contributed by atoms with Gasteiger partial charge in [0, 0.05) is 32.3 Å². The zero-order chi connectivity index (χ0) is 8.97. The van der Waals surface area contributed by atoms with E-state index in [4.69, 9.17) is 5.26 Å². The van der Waals surface area contributed by atoms with Crippen LogP contribution in [0.3, 0.4) is 0 Å². The molecule has 3 nitrogen and oxygen atoms in total. The van der Waals surface area contributed by atoms with Gasteiger partial charge in [-0.05, 0) is 13.0 Å². The monoisotopic (exact) mass is 163 g/mol. The average Bonchev–Trinajstić information content (AvgIpc) is 2.17. The molecular weight excluding hydrogens is 150 g/mol. The Morgan fingerprint density at radius 1 is 1.75 bits per heavy atom. The lowest BCUT2D eigenvalue weighted by Crippen LogP contribution is -2.20. The van der Waals surface area contributed by atoms with Gasteiger partial charge in [-0.15, -0.1) is 0 Å². The molecule has 1 aliphatic heterocycles. The second kappa shape index (κ2) is 3.91. The second-order valence-electron chi connectivity index (χ2n) is 2.78. The largest absolute Gasteiger partial charge is 0.378 e. The van der Waals surface area contributed by atoms with E-state index in [1.165, 1.54) is 5.70 Å². The minimum Gasteiger partial charge on any atom is -0.378 e. The summed E-state index contributed by atoms with van der Waals surface area (Å²) in [7, 11) is 2.03. The number of hydrogen-bond donors (Lipinski definition) is 0. The maximum atomic E-state index is 8.62. The first-order valence-electron chi connectivity index (χ1n) is 4.14. The molecule has 1 aliphatic rings. The number of nitriles is 1. The van der Waals surface area contributed by atoms with Gasteiger partial charge in [0.05, 0.1) is 0 Å². The first-order valence-corrected chi connectivity index (χ1v) is 4.14. The molecule has 0 N–H and O–H groups in total. The lowest BCUT2D eigenvalue weighted by atomic mass is 10.2. The minimum absolute atomic E-state index is 0.552. The van der Waals surface area contributed by atoms with Crippen molar-refractivity contribution < 1.29 is 0 Å². The smallest absolute Gasteiger partial charge is 0.136 e. The molecule has 1 heterocycles. The van der Waals surface area contributed by atoms with Crippen LogP contribution in [-0.2, 0) is 0 Å². The Bertz CT molecular complexity index is 257. The summed E-state index contributed by atoms with van der Waals surface area (Å²) in [5, 5.41) is 8.62. The summed E-state index contributed by atoms with van der Waals surface area (Å²) in [6.07, 6.45) is 2.82. The van der Waals surface area contributed by atoms with E-state index in [2.05, 4.69) is 22.9 Å². The molecule has 0 aromatic heterocycles. The topological polar surface area (TPSA) is 39.4 Å². The van der Waals surface area contributed by atoms with Crippen molar-refractivity contribution >= 4 is 5.71 Å². The van der Waals surface area contributed by atoms with Crippen molar-refractivity contribution in [2.45, 2.75) is 13.3 Å². The Hall–Kier alpha value is -1.30. The molecule has 0 aromatic rings. The maximum Gasteiger partial charge on any atom is 0.136 e. The first-order chi connectivity index (χ1) is 5.77. The molecule has 0 atom stereocenters. The Morgan fingerprint density at radius 3 is 3.08 bits per heavy atom. The van der Waals surface area contributed by atoms with Gasteiger partial charge >= 0.3 is 0 Å². The Balaban J connectivity index is 2.74. The van der Waals surface area contributed by atoms with Crippen LogP contribution in [-0.4, -0.2) is 30.7 Å². The van der Waals surface area contributed by atoms with Crippen LogP contribution >= 0.6 is 0 Å². The molecule has 0 fully saturated rings. The average molecular weight is 163 g/mol. The zero-order valence-corrected chi connectivity index (χ0v) is 7.54. The van der Waals surface area contributed by atoms with Crippen LogP contribution in [0.15, 0.2) is 16.8 Å². The molecular formula is C9H13N3. The van der Waals surface area contributed by atoms with E-state index in [0.717, 1.165) is 19.5 Å². The van der Waals surface area contributed by atoms with Crippen LogP contribution in [0.4, 0.5) is 0 Å². The van der Waals surface area contributed by atoms with Crippen molar-refractivity contribution in [3.8, 4) is 6.07 Å². The number of rotatable bonds is 2. The predicted molar refractivity (Wildman–Crippen MR) is 48.9 cm³/mol. The van der Waals surface area contributed by atoms with Crippen LogP contribution < -0.4 is 0 Å². The number of aliphatic imine (C=N–C) groups is 1. The van der Waals surface area contributed by atoms with Gasteiger partial charge in [0.1, 0.15) is 11.8 Å². The van der Waals surface area contributed by atoms with E-state index in [1.807, 2.05) is 13.1 Å². The molecule has 64 valence electrons. The van der Waals surface area contributed by atoms with E-state index < -0.39 is 0 Å². The Kier molecular flexibility index (Phi) is 2.87. The molecule has 0 unspecified atom stereocenters. The van der Waals surface area contributed by atoms with E-state index in [1.54, 1.807) is 0 Å². The summed E-state index contributed by atoms with van der Waals surface area (Å²) in [6.45, 7) is 3.82. The minimum atomic E-state index is 0.552. The molecule has 0 aliphatic carbocycles. The van der Waals surface area contributed by atoms with E-state index in [9.17, 15) is 0 Å². The molecule has 1 rings (SSSR count). The normalized spacial score (nSPS) is 16.1. The van der Waals surface area contributed by atoms with Gasteiger partial charge in [0.25, 0.3) is 0 Å². The van der Waals surface area contributed by atoms with Gasteiger partial charge in [-0.25, -0.2) is 0 Å². The quantitative estimate of drug-likeness (QED) is 0.613. The summed E-state index contributed by atoms with van der Waals surface area (Å²) in [5.74, 6) is 0. The third-order valence-corrected chi connectivity index (χ3v) is 2.03. The van der Waals surface area contributed by atoms with Gasteiger partial charge in [0.2, 0.25) is 0 Å². The zero-order valence-electron chi connectivity index (χ0n) is 7.54. The van der Waals surface area contributed by atoms with Crippen LogP contribution in [0.1, 0.15) is 13.3 Å². The van der Waals surface area contributed by atoms with Crippen LogP contribution in [0.25, 0.3) is 0 Å². The summed E-state index contributed by atoms with van der Waals surface area (Å²) >= 11 is 0. The number of allylic oxidation sites excluding steroid dienone is 1. The molecule has 0 aromatic carbocycles. The summed E-state index contributed by atoms with van der Waals surface area (Å²) in [5.41, 5.74) is 1.76. The van der Waals surface area contributed by atoms with Crippen molar-refractivity contribution in [1.29, 1.82) is 5.26 Å². The predicted octanol–water partition coefficient (Wildman–Crippen LogP) is 1.19. The van der Waals surface area contributed by atoms with E-state index >= 15 is 0 Å². The summed E-state index contributed by atoms with van der Waals surface area (Å²) in [6, 6.07) is 2.06. The van der Waals surface area contributed by atoms with Gasteiger partial charge < -0.3 is 4.90 Å². The molecule has 0 bridgehead atoms. The summed E-state index contributed by atoms with van der Waals surface area (Å²) < 4.78 is 0.